The van der Waals surface area contributed by atoms with Crippen LogP contribution in [0.25, 0.3) is 0 Å². The first-order chi connectivity index (χ1) is 8.81. The average Bonchev–Trinajstić information content (AvgIpc) is 2.39. The van der Waals surface area contributed by atoms with Gasteiger partial charge < -0.3 is 10.6 Å². The van der Waals surface area contributed by atoms with Gasteiger partial charge in [0.2, 0.25) is 5.95 Å². The van der Waals surface area contributed by atoms with E-state index in [1.807, 2.05) is 13.0 Å². The molecule has 0 spiro atoms. The predicted octanol–water partition coefficient (Wildman–Crippen LogP) is 2.89. The summed E-state index contributed by atoms with van der Waals surface area (Å²) in [5.74, 6) is 0.652. The van der Waals surface area contributed by atoms with Crippen molar-refractivity contribution >= 4 is 17.3 Å². The van der Waals surface area contributed by atoms with E-state index in [0.29, 0.717) is 5.95 Å². The number of hydrogen-bond acceptors (Lipinski definition) is 4. The maximum Gasteiger partial charge on any atom is 0.227 e. The maximum atomic E-state index is 4.34. The quantitative estimate of drug-likeness (QED) is 0.847. The van der Waals surface area contributed by atoms with E-state index in [1.54, 1.807) is 6.20 Å². The molecule has 1 aromatic heterocycles. The number of nitrogens with zero attached hydrogens (tertiary/aromatic N) is 2. The largest absolute Gasteiger partial charge is 0.385 e. The topological polar surface area (TPSA) is 49.8 Å². The number of hydrogen-bond donors (Lipinski definition) is 2. The minimum Gasteiger partial charge on any atom is -0.385 e. The van der Waals surface area contributed by atoms with Gasteiger partial charge in [-0.3, -0.25) is 0 Å². The Bertz CT molecular complexity index is 565. The molecule has 4 heteroatoms. The molecule has 2 heterocycles. The van der Waals surface area contributed by atoms with Gasteiger partial charge >= 0.3 is 0 Å². The lowest BCUT2D eigenvalue weighted by Crippen LogP contribution is -2.11. The molecule has 18 heavy (non-hydrogen) atoms. The lowest BCUT2D eigenvalue weighted by molar-refractivity contribution is 0.830. The molecule has 0 bridgehead atoms. The fraction of sp³-hybridized carbons (Fsp3) is 0.286. The van der Waals surface area contributed by atoms with Crippen LogP contribution in [0.4, 0.5) is 17.3 Å². The molecule has 0 saturated carbocycles. The summed E-state index contributed by atoms with van der Waals surface area (Å²) in [6.07, 6.45) is 4.09. The highest BCUT2D eigenvalue weighted by molar-refractivity contribution is 5.63. The number of aromatic nitrogens is 2. The molecule has 0 fully saturated rings. The second-order valence-corrected chi connectivity index (χ2v) is 4.55. The lowest BCUT2D eigenvalue weighted by Gasteiger charge is -2.18. The van der Waals surface area contributed by atoms with E-state index in [1.165, 1.54) is 17.7 Å². The van der Waals surface area contributed by atoms with Gasteiger partial charge in [-0.05, 0) is 49.6 Å². The Kier molecular flexibility index (Phi) is 2.84. The van der Waals surface area contributed by atoms with Crippen molar-refractivity contribution in [2.45, 2.75) is 19.8 Å². The van der Waals surface area contributed by atoms with Crippen molar-refractivity contribution in [2.24, 2.45) is 0 Å². The van der Waals surface area contributed by atoms with Crippen LogP contribution in [0.3, 0.4) is 0 Å². The first-order valence-corrected chi connectivity index (χ1v) is 6.25. The molecular formula is C14H16N4. The summed E-state index contributed by atoms with van der Waals surface area (Å²) in [4.78, 5) is 8.55. The van der Waals surface area contributed by atoms with Crippen molar-refractivity contribution in [3.8, 4) is 0 Å². The van der Waals surface area contributed by atoms with Gasteiger partial charge in [-0.25, -0.2) is 9.97 Å². The maximum absolute atomic E-state index is 4.34. The van der Waals surface area contributed by atoms with Crippen LogP contribution in [0, 0.1) is 6.92 Å². The summed E-state index contributed by atoms with van der Waals surface area (Å²) in [5.41, 5.74) is 4.62. The van der Waals surface area contributed by atoms with Crippen LogP contribution in [0.2, 0.25) is 0 Å². The molecule has 4 nitrogen and oxygen atoms in total. The molecule has 0 unspecified atom stereocenters. The highest BCUT2D eigenvalue weighted by atomic mass is 15.1. The highest BCUT2D eigenvalue weighted by Crippen LogP contribution is 2.26. The number of aryl methyl sites for hydroxylation is 2. The van der Waals surface area contributed by atoms with Crippen molar-refractivity contribution in [1.82, 2.24) is 9.97 Å². The van der Waals surface area contributed by atoms with Crippen LogP contribution in [-0.2, 0) is 6.42 Å². The van der Waals surface area contributed by atoms with Crippen molar-refractivity contribution < 1.29 is 0 Å². The second-order valence-electron chi connectivity index (χ2n) is 4.55. The van der Waals surface area contributed by atoms with E-state index in [2.05, 4.69) is 38.8 Å². The Morgan fingerprint density at radius 1 is 1.28 bits per heavy atom. The number of rotatable bonds is 2. The summed E-state index contributed by atoms with van der Waals surface area (Å²) in [6, 6.07) is 8.24. The van der Waals surface area contributed by atoms with Crippen molar-refractivity contribution in [3.63, 3.8) is 0 Å². The number of anilines is 3. The molecule has 1 aliphatic rings. The third-order valence-corrected chi connectivity index (χ3v) is 3.09. The van der Waals surface area contributed by atoms with Crippen LogP contribution in [-0.4, -0.2) is 16.5 Å². The van der Waals surface area contributed by atoms with Gasteiger partial charge in [0.15, 0.2) is 0 Å². The van der Waals surface area contributed by atoms with Crippen LogP contribution < -0.4 is 10.6 Å². The van der Waals surface area contributed by atoms with E-state index in [-0.39, 0.29) is 0 Å². The summed E-state index contributed by atoms with van der Waals surface area (Å²) in [6.45, 7) is 3.03. The Hall–Kier alpha value is -2.10. The molecule has 0 saturated heterocycles. The fourth-order valence-corrected chi connectivity index (χ4v) is 2.19. The van der Waals surface area contributed by atoms with Gasteiger partial charge in [0, 0.05) is 29.8 Å². The third kappa shape index (κ3) is 2.27. The molecule has 2 N–H and O–H groups in total. The summed E-state index contributed by atoms with van der Waals surface area (Å²) >= 11 is 0. The van der Waals surface area contributed by atoms with Gasteiger partial charge in [0.1, 0.15) is 0 Å². The first-order valence-electron chi connectivity index (χ1n) is 6.25. The average molecular weight is 240 g/mol. The minimum absolute atomic E-state index is 0.652. The van der Waals surface area contributed by atoms with Crippen molar-refractivity contribution in [1.29, 1.82) is 0 Å². The van der Waals surface area contributed by atoms with Crippen LogP contribution in [0.5, 0.6) is 0 Å². The summed E-state index contributed by atoms with van der Waals surface area (Å²) in [7, 11) is 0. The molecule has 1 aliphatic heterocycles. The lowest BCUT2D eigenvalue weighted by atomic mass is 10.0. The van der Waals surface area contributed by atoms with E-state index in [4.69, 9.17) is 0 Å². The van der Waals surface area contributed by atoms with Crippen molar-refractivity contribution in [3.05, 3.63) is 41.7 Å². The zero-order chi connectivity index (χ0) is 12.4. The number of nitrogens with one attached hydrogen (secondary N) is 2. The van der Waals surface area contributed by atoms with E-state index in [0.717, 1.165) is 24.3 Å². The fourth-order valence-electron chi connectivity index (χ4n) is 2.19. The standard InChI is InChI=1S/C14H16N4/c1-10-6-8-16-14(17-10)18-12-4-5-13-11(9-12)3-2-7-15-13/h4-6,8-9,15H,2-3,7H2,1H3,(H,16,17,18). The van der Waals surface area contributed by atoms with Gasteiger partial charge in [-0.1, -0.05) is 0 Å². The van der Waals surface area contributed by atoms with E-state index >= 15 is 0 Å². The molecule has 0 amide bonds. The Morgan fingerprint density at radius 3 is 3.11 bits per heavy atom. The van der Waals surface area contributed by atoms with Gasteiger partial charge in [0.25, 0.3) is 0 Å². The van der Waals surface area contributed by atoms with Crippen LogP contribution in [0.15, 0.2) is 30.5 Å². The van der Waals surface area contributed by atoms with Gasteiger partial charge in [0.05, 0.1) is 0 Å². The van der Waals surface area contributed by atoms with Gasteiger partial charge in [-0.2, -0.15) is 0 Å². The SMILES string of the molecule is Cc1ccnc(Nc2ccc3c(c2)CCCN3)n1. The molecule has 2 aromatic rings. The van der Waals surface area contributed by atoms with Crippen LogP contribution >= 0.6 is 0 Å². The second kappa shape index (κ2) is 4.64. The predicted molar refractivity (Wildman–Crippen MR) is 73.3 cm³/mol. The molecule has 0 aliphatic carbocycles. The molecule has 0 atom stereocenters. The third-order valence-electron chi connectivity index (χ3n) is 3.09. The smallest absolute Gasteiger partial charge is 0.227 e. The zero-order valence-corrected chi connectivity index (χ0v) is 10.4. The molecule has 0 radical (unpaired) electrons. The summed E-state index contributed by atoms with van der Waals surface area (Å²) < 4.78 is 0. The zero-order valence-electron chi connectivity index (χ0n) is 10.4. The Morgan fingerprint density at radius 2 is 2.22 bits per heavy atom. The Labute approximate surface area is 106 Å². The minimum atomic E-state index is 0.652. The number of benzene rings is 1. The molecule has 3 rings (SSSR count). The highest BCUT2D eigenvalue weighted by Gasteiger charge is 2.09. The van der Waals surface area contributed by atoms with Gasteiger partial charge in [-0.15, -0.1) is 0 Å². The summed E-state index contributed by atoms with van der Waals surface area (Å²) in [5, 5.41) is 6.65. The van der Waals surface area contributed by atoms with Crippen LogP contribution in [0.1, 0.15) is 17.7 Å². The Balaban J connectivity index is 1.85. The first kappa shape index (κ1) is 11.0. The number of fused-ring (bicyclic) bond motifs is 1. The monoisotopic (exact) mass is 240 g/mol. The molecule has 1 aromatic carbocycles. The molecular weight excluding hydrogens is 224 g/mol. The normalized spacial score (nSPS) is 13.6. The van der Waals surface area contributed by atoms with E-state index < -0.39 is 0 Å². The molecule has 92 valence electrons. The van der Waals surface area contributed by atoms with Crippen molar-refractivity contribution in [2.75, 3.05) is 17.2 Å². The van der Waals surface area contributed by atoms with E-state index in [9.17, 15) is 0 Å².